The van der Waals surface area contributed by atoms with Crippen LogP contribution < -0.4 is 0 Å². The van der Waals surface area contributed by atoms with Crippen molar-refractivity contribution in [1.29, 1.82) is 0 Å². The summed E-state index contributed by atoms with van der Waals surface area (Å²) in [7, 11) is 0. The van der Waals surface area contributed by atoms with Gasteiger partial charge in [-0.15, -0.1) is 0 Å². The number of hydrogen-bond acceptors (Lipinski definition) is 5. The molecule has 0 aliphatic heterocycles. The third-order valence-corrected chi connectivity index (χ3v) is 8.31. The standard InChI is InChI=1S/C40H24N4O/c1-3-10-27(11-4-1)37-42-38(31-18-15-25-9-7-8-14-29(25)23-31)44-39(43-37)32-19-21-33-30(24-32)17-16-26-20-22-34-36(35(26)33)45-40(41-34)28-12-5-2-6-13-28/h1-24H. The first-order valence-corrected chi connectivity index (χ1v) is 14.9. The summed E-state index contributed by atoms with van der Waals surface area (Å²) in [6.07, 6.45) is 0. The zero-order valence-electron chi connectivity index (χ0n) is 24.1. The zero-order chi connectivity index (χ0) is 29.7. The maximum absolute atomic E-state index is 6.41. The van der Waals surface area contributed by atoms with Crippen LogP contribution in [0.15, 0.2) is 150 Å². The van der Waals surface area contributed by atoms with Gasteiger partial charge in [-0.3, -0.25) is 0 Å². The summed E-state index contributed by atoms with van der Waals surface area (Å²) in [5, 5.41) is 6.62. The molecular weight excluding hydrogens is 552 g/mol. The number of benzene rings is 7. The second-order valence-electron chi connectivity index (χ2n) is 11.1. The van der Waals surface area contributed by atoms with Crippen molar-refractivity contribution >= 4 is 43.4 Å². The van der Waals surface area contributed by atoms with E-state index in [2.05, 4.69) is 72.8 Å². The van der Waals surface area contributed by atoms with E-state index in [1.54, 1.807) is 0 Å². The highest BCUT2D eigenvalue weighted by Gasteiger charge is 2.16. The van der Waals surface area contributed by atoms with E-state index < -0.39 is 0 Å². The van der Waals surface area contributed by atoms with Crippen molar-refractivity contribution in [2.75, 3.05) is 0 Å². The molecule has 0 atom stereocenters. The van der Waals surface area contributed by atoms with Gasteiger partial charge in [0, 0.05) is 27.6 Å². The summed E-state index contributed by atoms with van der Waals surface area (Å²) < 4.78 is 6.41. The lowest BCUT2D eigenvalue weighted by Gasteiger charge is -2.10. The number of oxazole rings is 1. The lowest BCUT2D eigenvalue weighted by Crippen LogP contribution is -2.00. The molecule has 0 N–H and O–H groups in total. The van der Waals surface area contributed by atoms with E-state index in [1.807, 2.05) is 72.8 Å². The van der Waals surface area contributed by atoms with Crippen molar-refractivity contribution in [2.24, 2.45) is 0 Å². The van der Waals surface area contributed by atoms with Crippen LogP contribution >= 0.6 is 0 Å². The summed E-state index contributed by atoms with van der Waals surface area (Å²) in [6.45, 7) is 0. The van der Waals surface area contributed by atoms with Gasteiger partial charge >= 0.3 is 0 Å². The smallest absolute Gasteiger partial charge is 0.227 e. The first kappa shape index (κ1) is 25.3. The van der Waals surface area contributed by atoms with Crippen molar-refractivity contribution in [3.05, 3.63) is 146 Å². The molecule has 0 radical (unpaired) electrons. The van der Waals surface area contributed by atoms with Crippen LogP contribution in [0.25, 0.3) is 89.0 Å². The van der Waals surface area contributed by atoms with Crippen LogP contribution in [0.4, 0.5) is 0 Å². The van der Waals surface area contributed by atoms with Gasteiger partial charge in [0.05, 0.1) is 0 Å². The second-order valence-corrected chi connectivity index (χ2v) is 11.1. The van der Waals surface area contributed by atoms with Crippen LogP contribution in [-0.2, 0) is 0 Å². The number of nitrogens with zero attached hydrogens (tertiary/aromatic N) is 4. The number of fused-ring (bicyclic) bond motifs is 6. The Morgan fingerprint density at radius 2 is 0.933 bits per heavy atom. The van der Waals surface area contributed by atoms with E-state index >= 15 is 0 Å². The number of hydrogen-bond donors (Lipinski definition) is 0. The highest BCUT2D eigenvalue weighted by molar-refractivity contribution is 6.18. The van der Waals surface area contributed by atoms with Crippen LogP contribution in [0, 0.1) is 0 Å². The van der Waals surface area contributed by atoms with E-state index in [0.717, 1.165) is 60.3 Å². The molecule has 5 nitrogen and oxygen atoms in total. The first-order valence-electron chi connectivity index (χ1n) is 14.9. The number of aromatic nitrogens is 4. The monoisotopic (exact) mass is 576 g/mol. The predicted octanol–water partition coefficient (Wildman–Crippen LogP) is 10.1. The average Bonchev–Trinajstić information content (AvgIpc) is 3.56. The Kier molecular flexibility index (Phi) is 5.74. The summed E-state index contributed by atoms with van der Waals surface area (Å²) >= 11 is 0. The maximum atomic E-state index is 6.41. The summed E-state index contributed by atoms with van der Waals surface area (Å²) in [5.41, 5.74) is 5.38. The third kappa shape index (κ3) is 4.41. The Hall–Kier alpha value is -6.20. The van der Waals surface area contributed by atoms with Gasteiger partial charge in [0.1, 0.15) is 5.52 Å². The quantitative estimate of drug-likeness (QED) is 0.195. The van der Waals surface area contributed by atoms with Gasteiger partial charge in [-0.05, 0) is 57.3 Å². The van der Waals surface area contributed by atoms with Gasteiger partial charge in [0.15, 0.2) is 23.1 Å². The molecule has 0 bridgehead atoms. The Bertz CT molecular complexity index is 2540. The molecule has 2 aromatic heterocycles. The van der Waals surface area contributed by atoms with E-state index in [4.69, 9.17) is 24.4 Å². The lowest BCUT2D eigenvalue weighted by atomic mass is 9.99. The van der Waals surface area contributed by atoms with Gasteiger partial charge < -0.3 is 4.42 Å². The van der Waals surface area contributed by atoms with Crippen molar-refractivity contribution in [3.63, 3.8) is 0 Å². The van der Waals surface area contributed by atoms with Crippen LogP contribution in [0.5, 0.6) is 0 Å². The fraction of sp³-hybridized carbons (Fsp3) is 0. The highest BCUT2D eigenvalue weighted by atomic mass is 16.3. The second kappa shape index (κ2) is 10.2. The number of rotatable bonds is 4. The Morgan fingerprint density at radius 3 is 1.69 bits per heavy atom. The summed E-state index contributed by atoms with van der Waals surface area (Å²) in [6, 6.07) is 49.5. The molecule has 0 unspecified atom stereocenters. The zero-order valence-corrected chi connectivity index (χ0v) is 24.1. The lowest BCUT2D eigenvalue weighted by molar-refractivity contribution is 0.623. The minimum absolute atomic E-state index is 0.617. The van der Waals surface area contributed by atoms with Gasteiger partial charge in [-0.25, -0.2) is 19.9 Å². The molecular formula is C40H24N4O. The summed E-state index contributed by atoms with van der Waals surface area (Å²) in [5.74, 6) is 2.52. The van der Waals surface area contributed by atoms with E-state index in [-0.39, 0.29) is 0 Å². The van der Waals surface area contributed by atoms with Crippen LogP contribution in [0.1, 0.15) is 0 Å². The van der Waals surface area contributed by atoms with Gasteiger partial charge in [-0.1, -0.05) is 115 Å². The minimum atomic E-state index is 0.617. The third-order valence-electron chi connectivity index (χ3n) is 8.31. The molecule has 45 heavy (non-hydrogen) atoms. The molecule has 2 heterocycles. The maximum Gasteiger partial charge on any atom is 0.227 e. The fourth-order valence-electron chi connectivity index (χ4n) is 6.05. The van der Waals surface area contributed by atoms with Gasteiger partial charge in [-0.2, -0.15) is 0 Å². The normalized spacial score (nSPS) is 11.6. The van der Waals surface area contributed by atoms with E-state index in [9.17, 15) is 0 Å². The van der Waals surface area contributed by atoms with Crippen molar-refractivity contribution in [3.8, 4) is 45.6 Å². The largest absolute Gasteiger partial charge is 0.435 e. The predicted molar refractivity (Wildman–Crippen MR) is 182 cm³/mol. The summed E-state index contributed by atoms with van der Waals surface area (Å²) in [4.78, 5) is 19.7. The van der Waals surface area contributed by atoms with E-state index in [0.29, 0.717) is 23.4 Å². The topological polar surface area (TPSA) is 64.7 Å². The SMILES string of the molecule is c1ccc(-c2nc(-c3ccc4ccccc4c3)nc(-c3ccc4c(ccc5ccc6nc(-c7ccccc7)oc6c54)c3)n2)cc1. The van der Waals surface area contributed by atoms with Crippen LogP contribution in [0.2, 0.25) is 0 Å². The van der Waals surface area contributed by atoms with Crippen LogP contribution in [0.3, 0.4) is 0 Å². The molecule has 0 aliphatic carbocycles. The molecule has 0 aliphatic rings. The Balaban J connectivity index is 1.22. The highest BCUT2D eigenvalue weighted by Crippen LogP contribution is 2.36. The fourth-order valence-corrected chi connectivity index (χ4v) is 6.05. The molecule has 0 saturated carbocycles. The van der Waals surface area contributed by atoms with E-state index in [1.165, 1.54) is 5.39 Å². The molecule has 7 aromatic carbocycles. The molecule has 0 amide bonds. The van der Waals surface area contributed by atoms with Crippen molar-refractivity contribution < 1.29 is 4.42 Å². The molecule has 9 rings (SSSR count). The molecule has 210 valence electrons. The Morgan fingerprint density at radius 1 is 0.378 bits per heavy atom. The van der Waals surface area contributed by atoms with Gasteiger partial charge in [0.2, 0.25) is 5.89 Å². The molecule has 0 fully saturated rings. The first-order chi connectivity index (χ1) is 22.3. The minimum Gasteiger partial charge on any atom is -0.435 e. The van der Waals surface area contributed by atoms with Crippen molar-refractivity contribution in [2.45, 2.75) is 0 Å². The van der Waals surface area contributed by atoms with Crippen LogP contribution in [-0.4, -0.2) is 19.9 Å². The molecule has 0 saturated heterocycles. The molecule has 9 aromatic rings. The Labute approximate surface area is 258 Å². The molecule has 0 spiro atoms. The van der Waals surface area contributed by atoms with Crippen molar-refractivity contribution in [1.82, 2.24) is 19.9 Å². The van der Waals surface area contributed by atoms with Gasteiger partial charge in [0.25, 0.3) is 0 Å². The average molecular weight is 577 g/mol. The molecule has 5 heteroatoms.